The fourth-order valence-electron chi connectivity index (χ4n) is 2.78. The molecule has 1 aliphatic rings. The number of amides is 1. The van der Waals surface area contributed by atoms with Crippen LogP contribution in [0.3, 0.4) is 0 Å². The molecule has 2 aromatic heterocycles. The van der Waals surface area contributed by atoms with E-state index in [4.69, 9.17) is 0 Å². The number of aromatic amines is 1. The number of nitrogens with zero attached hydrogens (tertiary/aromatic N) is 3. The molecule has 1 amide bonds. The number of hydrogen-bond donors (Lipinski definition) is 1. The van der Waals surface area contributed by atoms with Crippen LogP contribution in [-0.4, -0.2) is 38.3 Å². The van der Waals surface area contributed by atoms with E-state index in [1.807, 2.05) is 23.1 Å². The van der Waals surface area contributed by atoms with Gasteiger partial charge in [-0.3, -0.25) is 9.89 Å². The minimum Gasteiger partial charge on any atom is -0.337 e. The third-order valence-corrected chi connectivity index (χ3v) is 4.88. The van der Waals surface area contributed by atoms with Crippen LogP contribution >= 0.6 is 11.8 Å². The monoisotopic (exact) mass is 330 g/mol. The number of nitrogens with one attached hydrogen (secondary N) is 1. The normalized spacial score (nSPS) is 14.1. The van der Waals surface area contributed by atoms with Crippen molar-refractivity contribution in [2.75, 3.05) is 12.3 Å². The van der Waals surface area contributed by atoms with Gasteiger partial charge in [-0.1, -0.05) is 31.7 Å². The molecule has 1 aliphatic heterocycles. The van der Waals surface area contributed by atoms with Crippen LogP contribution in [0.5, 0.6) is 0 Å². The van der Waals surface area contributed by atoms with E-state index in [0.717, 1.165) is 30.1 Å². The Kier molecular flexibility index (Phi) is 5.00. The highest BCUT2D eigenvalue weighted by Crippen LogP contribution is 2.23. The molecule has 3 rings (SSSR count). The first-order chi connectivity index (χ1) is 11.1. The Morgan fingerprint density at radius 1 is 1.43 bits per heavy atom. The highest BCUT2D eigenvalue weighted by Gasteiger charge is 2.25. The summed E-state index contributed by atoms with van der Waals surface area (Å²) in [6, 6.07) is 5.76. The van der Waals surface area contributed by atoms with Gasteiger partial charge in [0.2, 0.25) is 5.91 Å². The molecule has 3 heterocycles. The molecule has 0 radical (unpaired) electrons. The third kappa shape index (κ3) is 3.93. The van der Waals surface area contributed by atoms with Gasteiger partial charge in [-0.05, 0) is 24.5 Å². The van der Waals surface area contributed by atoms with Crippen molar-refractivity contribution in [3.8, 4) is 0 Å². The van der Waals surface area contributed by atoms with Crippen molar-refractivity contribution in [3.63, 3.8) is 0 Å². The number of H-pyrrole nitrogens is 1. The number of pyridine rings is 1. The lowest BCUT2D eigenvalue weighted by Crippen LogP contribution is -2.37. The van der Waals surface area contributed by atoms with Crippen molar-refractivity contribution in [3.05, 3.63) is 41.3 Å². The molecule has 0 spiro atoms. The average molecular weight is 330 g/mol. The van der Waals surface area contributed by atoms with E-state index >= 15 is 0 Å². The molecule has 2 aromatic rings. The summed E-state index contributed by atoms with van der Waals surface area (Å²) in [6.45, 7) is 5.82. The number of thioether (sulfide) groups is 1. The lowest BCUT2D eigenvalue weighted by Gasteiger charge is -2.27. The lowest BCUT2D eigenvalue weighted by molar-refractivity contribution is -0.129. The first-order valence-electron chi connectivity index (χ1n) is 8.00. The molecule has 0 unspecified atom stereocenters. The maximum atomic E-state index is 12.5. The molecule has 6 heteroatoms. The Bertz CT molecular complexity index is 668. The van der Waals surface area contributed by atoms with E-state index in [0.29, 0.717) is 18.2 Å². The number of aromatic nitrogens is 3. The lowest BCUT2D eigenvalue weighted by atomic mass is 10.00. The molecular weight excluding hydrogens is 308 g/mol. The van der Waals surface area contributed by atoms with Crippen LogP contribution in [0.2, 0.25) is 0 Å². The van der Waals surface area contributed by atoms with Crippen LogP contribution < -0.4 is 0 Å². The maximum absolute atomic E-state index is 12.5. The molecule has 0 saturated carbocycles. The van der Waals surface area contributed by atoms with Crippen LogP contribution in [0, 0.1) is 5.92 Å². The zero-order chi connectivity index (χ0) is 16.2. The van der Waals surface area contributed by atoms with Gasteiger partial charge in [-0.25, -0.2) is 4.98 Å². The minimum atomic E-state index is 0.169. The second-order valence-corrected chi connectivity index (χ2v) is 7.24. The van der Waals surface area contributed by atoms with E-state index in [-0.39, 0.29) is 5.91 Å². The Morgan fingerprint density at radius 2 is 2.30 bits per heavy atom. The second kappa shape index (κ2) is 7.17. The van der Waals surface area contributed by atoms with Crippen LogP contribution in [0.25, 0.3) is 0 Å². The predicted octanol–water partition coefficient (Wildman–Crippen LogP) is 2.68. The van der Waals surface area contributed by atoms with Crippen molar-refractivity contribution < 1.29 is 4.79 Å². The number of fused-ring (bicyclic) bond motifs is 1. The fraction of sp³-hybridized carbons (Fsp3) is 0.471. The van der Waals surface area contributed by atoms with Gasteiger partial charge in [0.1, 0.15) is 0 Å². The summed E-state index contributed by atoms with van der Waals surface area (Å²) in [7, 11) is 0. The molecule has 1 N–H and O–H groups in total. The van der Waals surface area contributed by atoms with Crippen molar-refractivity contribution >= 4 is 17.7 Å². The molecule has 122 valence electrons. The molecule has 0 saturated heterocycles. The summed E-state index contributed by atoms with van der Waals surface area (Å²) >= 11 is 1.49. The average Bonchev–Trinajstić information content (AvgIpc) is 2.95. The molecule has 0 aliphatic carbocycles. The first kappa shape index (κ1) is 16.1. The van der Waals surface area contributed by atoms with Gasteiger partial charge in [-0.15, -0.1) is 0 Å². The van der Waals surface area contributed by atoms with Gasteiger partial charge in [0.05, 0.1) is 16.5 Å². The summed E-state index contributed by atoms with van der Waals surface area (Å²) in [5.74, 6) is 1.17. The highest BCUT2D eigenvalue weighted by molar-refractivity contribution is 7.99. The number of rotatable bonds is 5. The van der Waals surface area contributed by atoms with Gasteiger partial charge in [0, 0.05) is 37.0 Å². The molecule has 0 atom stereocenters. The van der Waals surface area contributed by atoms with E-state index in [9.17, 15) is 4.79 Å². The molecular formula is C17H22N4OS. The fourth-order valence-corrected chi connectivity index (χ4v) is 3.55. The van der Waals surface area contributed by atoms with Gasteiger partial charge in [-0.2, -0.15) is 5.10 Å². The number of carbonyl (C=O) groups is 1. The molecule has 0 aromatic carbocycles. The topological polar surface area (TPSA) is 61.9 Å². The van der Waals surface area contributed by atoms with E-state index in [2.05, 4.69) is 29.0 Å². The van der Waals surface area contributed by atoms with Crippen LogP contribution in [0.15, 0.2) is 29.4 Å². The zero-order valence-electron chi connectivity index (χ0n) is 13.6. The van der Waals surface area contributed by atoms with Crippen LogP contribution in [0.1, 0.15) is 30.8 Å². The van der Waals surface area contributed by atoms with E-state index < -0.39 is 0 Å². The zero-order valence-corrected chi connectivity index (χ0v) is 14.4. The number of carbonyl (C=O) groups excluding carboxylic acids is 1. The van der Waals surface area contributed by atoms with Gasteiger partial charge in [0.25, 0.3) is 0 Å². The van der Waals surface area contributed by atoms with Crippen LogP contribution in [0.4, 0.5) is 0 Å². The first-order valence-corrected chi connectivity index (χ1v) is 8.98. The molecule has 5 nitrogen and oxygen atoms in total. The number of hydrogen-bond acceptors (Lipinski definition) is 4. The molecule has 0 bridgehead atoms. The standard InChI is InChI=1S/C17H22N4OS/c1-12(2)9-15-13-10-21(8-6-14(13)19-20-15)17(22)11-23-16-5-3-4-7-18-16/h3-5,7,12H,6,8-11H2,1-2H3,(H,19,20). The molecule has 23 heavy (non-hydrogen) atoms. The Hall–Kier alpha value is -1.82. The third-order valence-electron chi connectivity index (χ3n) is 3.95. The van der Waals surface area contributed by atoms with Crippen molar-refractivity contribution in [2.45, 2.75) is 38.3 Å². The second-order valence-electron chi connectivity index (χ2n) is 6.25. The van der Waals surface area contributed by atoms with E-state index in [1.54, 1.807) is 6.20 Å². The Balaban J connectivity index is 1.62. The van der Waals surface area contributed by atoms with Gasteiger partial charge < -0.3 is 4.90 Å². The summed E-state index contributed by atoms with van der Waals surface area (Å²) in [5.41, 5.74) is 3.54. The largest absolute Gasteiger partial charge is 0.337 e. The van der Waals surface area contributed by atoms with Crippen molar-refractivity contribution in [1.29, 1.82) is 0 Å². The van der Waals surface area contributed by atoms with Crippen LogP contribution in [-0.2, 0) is 24.2 Å². The summed E-state index contributed by atoms with van der Waals surface area (Å²) in [5, 5.41) is 8.48. The van der Waals surface area contributed by atoms with E-state index in [1.165, 1.54) is 23.0 Å². The van der Waals surface area contributed by atoms with Crippen molar-refractivity contribution in [2.24, 2.45) is 5.92 Å². The molecule has 0 fully saturated rings. The van der Waals surface area contributed by atoms with Crippen molar-refractivity contribution in [1.82, 2.24) is 20.1 Å². The maximum Gasteiger partial charge on any atom is 0.233 e. The summed E-state index contributed by atoms with van der Waals surface area (Å²) in [6.07, 6.45) is 3.57. The van der Waals surface area contributed by atoms with Gasteiger partial charge in [0.15, 0.2) is 0 Å². The predicted molar refractivity (Wildman–Crippen MR) is 91.2 cm³/mol. The Labute approximate surface area is 140 Å². The summed E-state index contributed by atoms with van der Waals surface area (Å²) < 4.78 is 0. The smallest absolute Gasteiger partial charge is 0.233 e. The minimum absolute atomic E-state index is 0.169. The SMILES string of the molecule is CC(C)Cc1n[nH]c2c1CN(C(=O)CSc1ccccn1)CC2. The quantitative estimate of drug-likeness (QED) is 0.856. The summed E-state index contributed by atoms with van der Waals surface area (Å²) in [4.78, 5) is 18.7. The highest BCUT2D eigenvalue weighted by atomic mass is 32.2. The Morgan fingerprint density at radius 3 is 3.04 bits per heavy atom. The van der Waals surface area contributed by atoms with Gasteiger partial charge >= 0.3 is 0 Å².